The monoisotopic (exact) mass is 336 g/mol. The Kier molecular flexibility index (Phi) is 4.84. The lowest BCUT2D eigenvalue weighted by Gasteiger charge is -2.28. The van der Waals surface area contributed by atoms with E-state index in [1.165, 1.54) is 0 Å². The van der Waals surface area contributed by atoms with Crippen LogP contribution in [0.25, 0.3) is 10.8 Å². The van der Waals surface area contributed by atoms with Crippen molar-refractivity contribution in [2.24, 2.45) is 0 Å². The molecule has 0 fully saturated rings. The van der Waals surface area contributed by atoms with Gasteiger partial charge in [0.1, 0.15) is 6.61 Å². The van der Waals surface area contributed by atoms with Gasteiger partial charge in [0, 0.05) is 5.70 Å². The number of esters is 1. The Bertz CT molecular complexity index is 878. The number of carbonyl (C=O) groups excluding carboxylic acids is 2. The number of nitrogens with one attached hydrogen (secondary N) is 2. The molecule has 5 nitrogen and oxygen atoms in total. The first-order valence-electron chi connectivity index (χ1n) is 8.16. The Morgan fingerprint density at radius 3 is 2.76 bits per heavy atom. The molecule has 2 aromatic rings. The minimum atomic E-state index is -0.557. The normalized spacial score (nSPS) is 17.5. The van der Waals surface area contributed by atoms with Gasteiger partial charge in [-0.1, -0.05) is 54.6 Å². The van der Waals surface area contributed by atoms with Gasteiger partial charge in [0.15, 0.2) is 0 Å². The standard InChI is InChI=1S/C20H20N2O3/c1-3-4-12-25-19(23)17-13(2)21-20(24)22-18(17)16-11-7-9-14-8-5-6-10-15(14)16/h3-11,18H,12H2,1-2H3,(H2,21,22,24)/b4-3-/t18-/m0/s1. The summed E-state index contributed by atoms with van der Waals surface area (Å²) < 4.78 is 5.32. The Morgan fingerprint density at radius 2 is 1.96 bits per heavy atom. The van der Waals surface area contributed by atoms with Crippen molar-refractivity contribution in [1.29, 1.82) is 0 Å². The number of urea groups is 1. The lowest BCUT2D eigenvalue weighted by atomic mass is 9.91. The van der Waals surface area contributed by atoms with Gasteiger partial charge in [0.05, 0.1) is 11.6 Å². The van der Waals surface area contributed by atoms with Crippen molar-refractivity contribution in [3.05, 3.63) is 71.5 Å². The largest absolute Gasteiger partial charge is 0.458 e. The van der Waals surface area contributed by atoms with Gasteiger partial charge in [0.2, 0.25) is 0 Å². The van der Waals surface area contributed by atoms with Gasteiger partial charge in [-0.25, -0.2) is 9.59 Å². The zero-order valence-corrected chi connectivity index (χ0v) is 14.2. The van der Waals surface area contributed by atoms with E-state index >= 15 is 0 Å². The zero-order valence-electron chi connectivity index (χ0n) is 14.2. The maximum Gasteiger partial charge on any atom is 0.338 e. The van der Waals surface area contributed by atoms with Crippen molar-refractivity contribution in [2.75, 3.05) is 6.61 Å². The van der Waals surface area contributed by atoms with Crippen LogP contribution in [0, 0.1) is 0 Å². The van der Waals surface area contributed by atoms with Crippen LogP contribution in [-0.4, -0.2) is 18.6 Å². The van der Waals surface area contributed by atoms with Crippen LogP contribution in [0.4, 0.5) is 4.79 Å². The highest BCUT2D eigenvalue weighted by Gasteiger charge is 2.32. The summed E-state index contributed by atoms with van der Waals surface area (Å²) in [5.41, 5.74) is 1.79. The van der Waals surface area contributed by atoms with Gasteiger partial charge in [-0.05, 0) is 30.2 Å². The van der Waals surface area contributed by atoms with Crippen LogP contribution in [0.5, 0.6) is 0 Å². The molecule has 0 aliphatic carbocycles. The van der Waals surface area contributed by atoms with Gasteiger partial charge in [0.25, 0.3) is 0 Å². The molecule has 2 amide bonds. The van der Waals surface area contributed by atoms with Crippen LogP contribution >= 0.6 is 0 Å². The molecule has 0 spiro atoms. The second kappa shape index (κ2) is 7.21. The number of benzene rings is 2. The van der Waals surface area contributed by atoms with E-state index in [9.17, 15) is 9.59 Å². The number of hydrogen-bond acceptors (Lipinski definition) is 3. The number of hydrogen-bond donors (Lipinski definition) is 2. The van der Waals surface area contributed by atoms with Gasteiger partial charge in [-0.2, -0.15) is 0 Å². The minimum Gasteiger partial charge on any atom is -0.458 e. The molecule has 1 heterocycles. The van der Waals surface area contributed by atoms with E-state index in [1.807, 2.05) is 55.5 Å². The fourth-order valence-electron chi connectivity index (χ4n) is 3.00. The average Bonchev–Trinajstić information content (AvgIpc) is 2.60. The van der Waals surface area contributed by atoms with Gasteiger partial charge in [-0.3, -0.25) is 0 Å². The highest BCUT2D eigenvalue weighted by molar-refractivity contribution is 5.97. The number of carbonyl (C=O) groups is 2. The number of amides is 2. The third-order valence-electron chi connectivity index (χ3n) is 4.17. The first-order chi connectivity index (χ1) is 12.1. The fourth-order valence-corrected chi connectivity index (χ4v) is 3.00. The van der Waals surface area contributed by atoms with Gasteiger partial charge in [-0.15, -0.1) is 0 Å². The van der Waals surface area contributed by atoms with E-state index < -0.39 is 12.0 Å². The molecule has 0 radical (unpaired) electrons. The second-order valence-corrected chi connectivity index (χ2v) is 5.81. The molecule has 0 bridgehead atoms. The summed E-state index contributed by atoms with van der Waals surface area (Å²) in [6.07, 6.45) is 3.58. The van der Waals surface area contributed by atoms with E-state index in [4.69, 9.17) is 4.74 Å². The molecule has 0 unspecified atom stereocenters. The quantitative estimate of drug-likeness (QED) is 0.662. The average molecular weight is 336 g/mol. The van der Waals surface area contributed by atoms with Crippen molar-refractivity contribution in [3.8, 4) is 0 Å². The summed E-state index contributed by atoms with van der Waals surface area (Å²) in [6, 6.07) is 12.8. The zero-order chi connectivity index (χ0) is 17.8. The van der Waals surface area contributed by atoms with E-state index in [2.05, 4.69) is 10.6 Å². The highest BCUT2D eigenvalue weighted by atomic mass is 16.5. The lowest BCUT2D eigenvalue weighted by Crippen LogP contribution is -2.45. The summed E-state index contributed by atoms with van der Waals surface area (Å²) in [7, 11) is 0. The van der Waals surface area contributed by atoms with E-state index in [1.54, 1.807) is 13.0 Å². The fraction of sp³-hybridized carbons (Fsp3) is 0.200. The molecule has 0 saturated carbocycles. The predicted molar refractivity (Wildman–Crippen MR) is 96.8 cm³/mol. The topological polar surface area (TPSA) is 67.4 Å². The Morgan fingerprint density at radius 1 is 1.20 bits per heavy atom. The van der Waals surface area contributed by atoms with Crippen molar-refractivity contribution in [1.82, 2.24) is 10.6 Å². The molecule has 1 aliphatic heterocycles. The molecule has 0 aromatic heterocycles. The van der Waals surface area contributed by atoms with Gasteiger partial charge >= 0.3 is 12.0 Å². The molecule has 1 aliphatic rings. The molecular weight excluding hydrogens is 316 g/mol. The Balaban J connectivity index is 2.06. The van der Waals surface area contributed by atoms with Crippen molar-refractivity contribution in [3.63, 3.8) is 0 Å². The summed E-state index contributed by atoms with van der Waals surface area (Å²) in [6.45, 7) is 3.77. The first-order valence-corrected chi connectivity index (χ1v) is 8.16. The molecule has 128 valence electrons. The summed E-state index contributed by atoms with van der Waals surface area (Å²) in [4.78, 5) is 24.6. The van der Waals surface area contributed by atoms with Crippen LogP contribution in [0.1, 0.15) is 25.5 Å². The Labute approximate surface area is 146 Å². The SMILES string of the molecule is C/C=C\COC(=O)C1=C(C)NC(=O)N[C@H]1c1cccc2ccccc12. The second-order valence-electron chi connectivity index (χ2n) is 5.81. The Hall–Kier alpha value is -3.08. The maximum absolute atomic E-state index is 12.6. The van der Waals surface area contributed by atoms with Crippen LogP contribution < -0.4 is 10.6 Å². The third-order valence-corrected chi connectivity index (χ3v) is 4.17. The predicted octanol–water partition coefficient (Wildman–Crippen LogP) is 3.59. The third kappa shape index (κ3) is 3.40. The first kappa shape index (κ1) is 16.8. The number of ether oxygens (including phenoxy) is 1. The van der Waals surface area contributed by atoms with Crippen LogP contribution in [0.15, 0.2) is 65.9 Å². The summed E-state index contributed by atoms with van der Waals surface area (Å²) in [5, 5.41) is 7.55. The van der Waals surface area contributed by atoms with Crippen molar-refractivity contribution >= 4 is 22.8 Å². The van der Waals surface area contributed by atoms with Crippen LogP contribution in [0.2, 0.25) is 0 Å². The highest BCUT2D eigenvalue weighted by Crippen LogP contribution is 2.32. The van der Waals surface area contributed by atoms with Crippen molar-refractivity contribution in [2.45, 2.75) is 19.9 Å². The molecule has 1 atom stereocenters. The molecule has 5 heteroatoms. The molecule has 2 aromatic carbocycles. The molecule has 2 N–H and O–H groups in total. The smallest absolute Gasteiger partial charge is 0.338 e. The maximum atomic E-state index is 12.6. The van der Waals surface area contributed by atoms with E-state index in [0.717, 1.165) is 16.3 Å². The minimum absolute atomic E-state index is 0.197. The molecular formula is C20H20N2O3. The number of rotatable bonds is 4. The number of fused-ring (bicyclic) bond motifs is 1. The lowest BCUT2D eigenvalue weighted by molar-refractivity contribution is -0.138. The van der Waals surface area contributed by atoms with Crippen LogP contribution in [-0.2, 0) is 9.53 Å². The summed E-state index contributed by atoms with van der Waals surface area (Å²) in [5.74, 6) is -0.443. The van der Waals surface area contributed by atoms with E-state index in [-0.39, 0.29) is 12.6 Å². The van der Waals surface area contributed by atoms with Crippen LogP contribution in [0.3, 0.4) is 0 Å². The molecule has 0 saturated heterocycles. The molecule has 3 rings (SSSR count). The summed E-state index contributed by atoms with van der Waals surface area (Å²) >= 11 is 0. The van der Waals surface area contributed by atoms with Crippen molar-refractivity contribution < 1.29 is 14.3 Å². The van der Waals surface area contributed by atoms with Gasteiger partial charge < -0.3 is 15.4 Å². The van der Waals surface area contributed by atoms with E-state index in [0.29, 0.717) is 11.3 Å². The molecule has 25 heavy (non-hydrogen) atoms. The number of allylic oxidation sites excluding steroid dienone is 2.